The monoisotopic (exact) mass is 1140 g/mol. The zero-order valence-corrected chi connectivity index (χ0v) is 48.4. The number of carbonyl (C=O) groups excluding carboxylic acids is 6. The van der Waals surface area contributed by atoms with Crippen LogP contribution < -0.4 is 20.9 Å². The van der Waals surface area contributed by atoms with E-state index in [1.165, 1.54) is 6.07 Å². The van der Waals surface area contributed by atoms with E-state index in [2.05, 4.69) is 15.3 Å². The van der Waals surface area contributed by atoms with Gasteiger partial charge in [-0.25, -0.2) is 19.7 Å². The highest BCUT2D eigenvalue weighted by molar-refractivity contribution is 6.12. The number of Topliss-reactive ketones (excluding diaryl/α,β-unsaturated/α-hetero) is 1. The van der Waals surface area contributed by atoms with E-state index < -0.39 is 35.3 Å². The molecule has 0 atom stereocenters. The van der Waals surface area contributed by atoms with Crippen molar-refractivity contribution in [1.29, 1.82) is 0 Å². The number of nitrogens with zero attached hydrogens (tertiary/aromatic N) is 11. The highest BCUT2D eigenvalue weighted by Crippen LogP contribution is 2.37. The molecule has 0 bridgehead atoms. The first-order valence-corrected chi connectivity index (χ1v) is 27.7. The third-order valence-corrected chi connectivity index (χ3v) is 13.3. The normalized spacial score (nSPS) is 11.8. The molecule has 0 fully saturated rings. The Balaban J connectivity index is 1.12. The predicted molar refractivity (Wildman–Crippen MR) is 307 cm³/mol. The Hall–Kier alpha value is -9.22. The van der Waals surface area contributed by atoms with Crippen molar-refractivity contribution in [2.75, 3.05) is 26.4 Å². The van der Waals surface area contributed by atoms with Crippen LogP contribution in [0.2, 0.25) is 0 Å². The molecule has 24 nitrogen and oxygen atoms in total. The molecule has 2 aromatic carbocycles. The van der Waals surface area contributed by atoms with Crippen molar-refractivity contribution >= 4 is 68.5 Å². The molecular formula is C59H71N13O11. The molecule has 24 heteroatoms. The smallest absolute Gasteiger partial charge is 0.356 e. The Morgan fingerprint density at radius 1 is 0.602 bits per heavy atom. The fourth-order valence-corrected chi connectivity index (χ4v) is 9.65. The summed E-state index contributed by atoms with van der Waals surface area (Å²) in [6.07, 6.45) is 6.55. The van der Waals surface area contributed by atoms with Crippen molar-refractivity contribution in [1.82, 2.24) is 53.4 Å². The number of aromatic nitrogens is 11. The van der Waals surface area contributed by atoms with Gasteiger partial charge >= 0.3 is 17.9 Å². The van der Waals surface area contributed by atoms with E-state index >= 15 is 0 Å². The summed E-state index contributed by atoms with van der Waals surface area (Å²) in [6, 6.07) is 11.7. The molecule has 0 radical (unpaired) electrons. The number of rotatable bonds is 28. The Morgan fingerprint density at radius 2 is 1.20 bits per heavy atom. The van der Waals surface area contributed by atoms with Crippen LogP contribution in [0.3, 0.4) is 0 Å². The molecule has 6 aromatic heterocycles. The Bertz CT molecular complexity index is 3780. The van der Waals surface area contributed by atoms with Gasteiger partial charge in [-0.05, 0) is 118 Å². The lowest BCUT2D eigenvalue weighted by molar-refractivity contribution is -0.157. The second-order valence-corrected chi connectivity index (χ2v) is 20.9. The lowest BCUT2D eigenvalue weighted by atomic mass is 10.1. The molecule has 0 saturated carbocycles. The van der Waals surface area contributed by atoms with Gasteiger partial charge in [-0.2, -0.15) is 15.3 Å². The number of primary amides is 2. The molecule has 2 amide bonds. The van der Waals surface area contributed by atoms with E-state index in [9.17, 15) is 28.8 Å². The van der Waals surface area contributed by atoms with Crippen LogP contribution in [0.5, 0.6) is 11.5 Å². The van der Waals surface area contributed by atoms with Crippen LogP contribution in [0, 0.1) is 20.8 Å². The van der Waals surface area contributed by atoms with Crippen LogP contribution in [0.15, 0.2) is 60.8 Å². The zero-order valence-electron chi connectivity index (χ0n) is 48.4. The van der Waals surface area contributed by atoms with Crippen molar-refractivity contribution in [3.63, 3.8) is 0 Å². The van der Waals surface area contributed by atoms with Crippen LogP contribution in [0.1, 0.15) is 138 Å². The van der Waals surface area contributed by atoms with Crippen molar-refractivity contribution in [2.45, 2.75) is 139 Å². The molecular weight excluding hydrogens is 1070 g/mol. The highest BCUT2D eigenvalue weighted by Gasteiger charge is 2.25. The molecule has 8 rings (SSSR count). The number of unbranched alkanes of at least 4 members (excludes halogenated alkanes) is 1. The number of amides is 2. The summed E-state index contributed by atoms with van der Waals surface area (Å²) in [5.74, 6) is -1.66. The Labute approximate surface area is 479 Å². The number of aryl methyl sites for hydroxylation is 6. The summed E-state index contributed by atoms with van der Waals surface area (Å²) in [5.41, 5.74) is 17.1. The molecule has 0 spiro atoms. The standard InChI is InChI=1S/C59H71N13O11/c1-10-70-43(26-35(4)65-70)46(73)33-49-63-42-30-39(55(61)77)32-48(80-23-17-24-82-58(78)45-28-37(6)67-72(45)12-3)53(42)68(49)20-14-15-21-69-52-40(41-34-62-56(64-57(41)69)44-27-36(5)66-71(44)11-2)29-38(54(60)76)31-47(52)79-22-16-13-18-50(74)81-25-19-51(75)83-59(7,8)9/h14-15,26-32,34H,10-13,16-25,33H2,1-9H3,(H2,60,76)(H2,61,77)/b15-14+. The van der Waals surface area contributed by atoms with Crippen LogP contribution >= 0.6 is 0 Å². The molecule has 83 heavy (non-hydrogen) atoms. The summed E-state index contributed by atoms with van der Waals surface area (Å²) in [6.45, 7) is 18.6. The number of benzene rings is 2. The van der Waals surface area contributed by atoms with Gasteiger partial charge < -0.3 is 44.3 Å². The minimum atomic E-state index is -0.713. The third-order valence-electron chi connectivity index (χ3n) is 13.3. The first kappa shape index (κ1) is 59.9. The average Bonchev–Trinajstić information content (AvgIpc) is 4.48. The van der Waals surface area contributed by atoms with Gasteiger partial charge in [0.2, 0.25) is 11.8 Å². The van der Waals surface area contributed by atoms with Gasteiger partial charge in [0.25, 0.3) is 0 Å². The Kier molecular flexibility index (Phi) is 18.9. The molecule has 0 aliphatic heterocycles. The number of imidazole rings is 1. The molecule has 8 aromatic rings. The van der Waals surface area contributed by atoms with Crippen molar-refractivity contribution in [2.24, 2.45) is 11.5 Å². The Morgan fingerprint density at radius 3 is 1.87 bits per heavy atom. The summed E-state index contributed by atoms with van der Waals surface area (Å²) in [7, 11) is 0. The van der Waals surface area contributed by atoms with Gasteiger partial charge in [-0.3, -0.25) is 38.0 Å². The quantitative estimate of drug-likeness (QED) is 0.0158. The van der Waals surface area contributed by atoms with Crippen molar-refractivity contribution in [3.8, 4) is 23.0 Å². The fourth-order valence-electron chi connectivity index (χ4n) is 9.65. The number of ketones is 1. The number of fused-ring (bicyclic) bond motifs is 4. The largest absolute Gasteiger partial charge is 0.491 e. The summed E-state index contributed by atoms with van der Waals surface area (Å²) >= 11 is 0. The van der Waals surface area contributed by atoms with Crippen LogP contribution in [0.25, 0.3) is 44.5 Å². The maximum absolute atomic E-state index is 14.2. The number of hydrogen-bond acceptors (Lipinski definition) is 17. The van der Waals surface area contributed by atoms with Gasteiger partial charge in [-0.1, -0.05) is 12.2 Å². The number of ether oxygens (including phenoxy) is 5. The molecule has 438 valence electrons. The maximum atomic E-state index is 14.2. The summed E-state index contributed by atoms with van der Waals surface area (Å²) < 4.78 is 37.9. The molecule has 0 saturated heterocycles. The third kappa shape index (κ3) is 14.3. The van der Waals surface area contributed by atoms with E-state index in [1.54, 1.807) is 73.6 Å². The number of esters is 3. The minimum absolute atomic E-state index is 0.0295. The minimum Gasteiger partial charge on any atom is -0.491 e. The SMILES string of the molecule is CCn1nc(C)cc1C(=O)Cc1nc2cc(C(N)=O)cc(OCCCOC(=O)c3cc(C)nn3CC)c2n1C/C=C/Cn1c2nc(-c3cc(C)nn3CC)ncc2c2cc(C(N)=O)cc(OCCCCC(=O)OCCC(=O)OC(C)(C)C)c21. The molecule has 4 N–H and O–H groups in total. The fraction of sp³-hybridized carbons (Fsp3) is 0.424. The molecule has 0 unspecified atom stereocenters. The number of carbonyl (C=O) groups is 6. The molecule has 0 aliphatic carbocycles. The zero-order chi connectivity index (χ0) is 59.7. The van der Waals surface area contributed by atoms with Gasteiger partial charge in [0, 0.05) is 73.7 Å². The van der Waals surface area contributed by atoms with Crippen molar-refractivity contribution in [3.05, 3.63) is 106 Å². The van der Waals surface area contributed by atoms with Crippen LogP contribution in [-0.2, 0) is 62.9 Å². The van der Waals surface area contributed by atoms with Crippen LogP contribution in [-0.4, -0.2) is 121 Å². The molecule has 0 aliphatic rings. The van der Waals surface area contributed by atoms with Gasteiger partial charge in [-0.15, -0.1) is 0 Å². The summed E-state index contributed by atoms with van der Waals surface area (Å²) in [4.78, 5) is 92.5. The second kappa shape index (κ2) is 26.1. The lowest BCUT2D eigenvalue weighted by Gasteiger charge is -2.19. The summed E-state index contributed by atoms with van der Waals surface area (Å²) in [5, 5.41) is 14.7. The highest BCUT2D eigenvalue weighted by atomic mass is 16.6. The predicted octanol–water partition coefficient (Wildman–Crippen LogP) is 7.51. The van der Waals surface area contributed by atoms with Crippen molar-refractivity contribution < 1.29 is 52.5 Å². The first-order valence-electron chi connectivity index (χ1n) is 27.7. The van der Waals surface area contributed by atoms with E-state index in [4.69, 9.17) is 50.1 Å². The topological polar surface area (TPSA) is 303 Å². The average molecular weight is 1140 g/mol. The lowest BCUT2D eigenvalue weighted by Crippen LogP contribution is -2.24. The number of nitrogens with two attached hydrogens (primary N) is 2. The van der Waals surface area contributed by atoms with E-state index in [0.717, 1.165) is 5.69 Å². The maximum Gasteiger partial charge on any atom is 0.356 e. The van der Waals surface area contributed by atoms with Gasteiger partial charge in [0.15, 0.2) is 11.6 Å². The van der Waals surface area contributed by atoms with E-state index in [0.29, 0.717) is 111 Å². The van der Waals surface area contributed by atoms with Crippen LogP contribution in [0.4, 0.5) is 0 Å². The van der Waals surface area contributed by atoms with E-state index in [1.807, 2.05) is 66.7 Å². The number of allylic oxidation sites excluding steroid dienone is 2. The van der Waals surface area contributed by atoms with Gasteiger partial charge in [0.05, 0.1) is 60.8 Å². The van der Waals surface area contributed by atoms with Gasteiger partial charge in [0.1, 0.15) is 57.8 Å². The number of hydrogen-bond donors (Lipinski definition) is 2. The molecule has 6 heterocycles. The second-order valence-electron chi connectivity index (χ2n) is 20.9. The first-order chi connectivity index (χ1) is 39.7. The van der Waals surface area contributed by atoms with E-state index in [-0.39, 0.29) is 87.9 Å².